The molecule has 1 unspecified atom stereocenters. The molecular weight excluding hydrogens is 210 g/mol. The number of hydrogen-bond donors (Lipinski definition) is 1. The molecule has 2 heteroatoms. The number of aromatic nitrogens is 1. The van der Waals surface area contributed by atoms with E-state index in [0.717, 1.165) is 16.5 Å². The summed E-state index contributed by atoms with van der Waals surface area (Å²) in [6.07, 6.45) is 9.08. The van der Waals surface area contributed by atoms with Crippen LogP contribution in [0.15, 0.2) is 60.8 Å². The molecule has 2 aromatic rings. The molecule has 3 rings (SSSR count). The number of aliphatic hydroxyl groups is 1. The zero-order valence-electron chi connectivity index (χ0n) is 9.32. The Labute approximate surface area is 99.9 Å². The Balaban J connectivity index is 2.10. The number of allylic oxidation sites excluding steroid dienone is 2. The minimum absolute atomic E-state index is 0.0355. The van der Waals surface area contributed by atoms with Gasteiger partial charge in [0, 0.05) is 17.5 Å². The molecule has 1 N–H and O–H groups in total. The summed E-state index contributed by atoms with van der Waals surface area (Å²) >= 11 is 0. The molecule has 0 radical (unpaired) electrons. The molecule has 17 heavy (non-hydrogen) atoms. The van der Waals surface area contributed by atoms with Gasteiger partial charge in [0.15, 0.2) is 0 Å². The second-order valence-corrected chi connectivity index (χ2v) is 4.21. The molecule has 84 valence electrons. The van der Waals surface area contributed by atoms with Crippen molar-refractivity contribution in [1.82, 2.24) is 4.98 Å². The highest BCUT2D eigenvalue weighted by Gasteiger charge is 2.20. The summed E-state index contributed by atoms with van der Waals surface area (Å²) in [7, 11) is 0. The van der Waals surface area contributed by atoms with Crippen molar-refractivity contribution in [3.05, 3.63) is 66.5 Å². The number of pyridine rings is 1. The molecule has 0 amide bonds. The van der Waals surface area contributed by atoms with Crippen LogP contribution in [0.4, 0.5) is 0 Å². The Hall–Kier alpha value is -1.93. The van der Waals surface area contributed by atoms with Crippen LogP contribution in [0.1, 0.15) is 11.8 Å². The minimum atomic E-state index is -0.573. The van der Waals surface area contributed by atoms with Crippen molar-refractivity contribution in [2.75, 3.05) is 0 Å². The third kappa shape index (κ3) is 1.77. The number of hydrogen-bond acceptors (Lipinski definition) is 2. The van der Waals surface area contributed by atoms with E-state index in [1.807, 2.05) is 54.6 Å². The maximum atomic E-state index is 10.4. The lowest BCUT2D eigenvalue weighted by molar-refractivity contribution is 0.149. The van der Waals surface area contributed by atoms with E-state index < -0.39 is 6.10 Å². The summed E-state index contributed by atoms with van der Waals surface area (Å²) in [6.45, 7) is 0. The van der Waals surface area contributed by atoms with E-state index in [2.05, 4.69) is 4.98 Å². The standard InChI is InChI=1S/C15H13NO/c17-15(12-6-1-2-7-12)14-13-8-4-3-5-11(13)9-10-16-14/h1-10,12,15,17H. The highest BCUT2D eigenvalue weighted by molar-refractivity contribution is 5.84. The first-order valence-corrected chi connectivity index (χ1v) is 5.73. The van der Waals surface area contributed by atoms with Crippen LogP contribution in [0, 0.1) is 5.92 Å². The van der Waals surface area contributed by atoms with Crippen molar-refractivity contribution >= 4 is 10.8 Å². The smallest absolute Gasteiger partial charge is 0.106 e. The van der Waals surface area contributed by atoms with Gasteiger partial charge in [-0.15, -0.1) is 0 Å². The van der Waals surface area contributed by atoms with Crippen LogP contribution in [-0.4, -0.2) is 10.1 Å². The van der Waals surface area contributed by atoms with E-state index in [9.17, 15) is 5.11 Å². The van der Waals surface area contributed by atoms with E-state index >= 15 is 0 Å². The molecule has 1 heterocycles. The van der Waals surface area contributed by atoms with Gasteiger partial charge in [-0.1, -0.05) is 48.6 Å². The zero-order chi connectivity index (χ0) is 11.7. The summed E-state index contributed by atoms with van der Waals surface area (Å²) < 4.78 is 0. The molecule has 0 saturated carbocycles. The Morgan fingerprint density at radius 3 is 2.65 bits per heavy atom. The van der Waals surface area contributed by atoms with Gasteiger partial charge in [-0.2, -0.15) is 0 Å². The molecule has 0 fully saturated rings. The van der Waals surface area contributed by atoms with Gasteiger partial charge >= 0.3 is 0 Å². The second-order valence-electron chi connectivity index (χ2n) is 4.21. The van der Waals surface area contributed by atoms with Crippen LogP contribution in [0.3, 0.4) is 0 Å². The maximum Gasteiger partial charge on any atom is 0.106 e. The lowest BCUT2D eigenvalue weighted by atomic mass is 9.97. The second kappa shape index (κ2) is 4.15. The van der Waals surface area contributed by atoms with Gasteiger partial charge in [0.2, 0.25) is 0 Å². The Bertz CT molecular complexity index is 583. The highest BCUT2D eigenvalue weighted by Crippen LogP contribution is 2.30. The molecule has 0 spiro atoms. The van der Waals surface area contributed by atoms with Crippen LogP contribution in [0.5, 0.6) is 0 Å². The molecule has 0 bridgehead atoms. The molecule has 1 aliphatic rings. The van der Waals surface area contributed by atoms with Gasteiger partial charge in [-0.05, 0) is 11.5 Å². The van der Waals surface area contributed by atoms with E-state index in [1.54, 1.807) is 6.20 Å². The summed E-state index contributed by atoms with van der Waals surface area (Å²) in [5.41, 5.74) is 0.754. The first-order valence-electron chi connectivity index (χ1n) is 5.73. The maximum absolute atomic E-state index is 10.4. The van der Waals surface area contributed by atoms with Crippen molar-refractivity contribution < 1.29 is 5.11 Å². The van der Waals surface area contributed by atoms with Crippen LogP contribution in [-0.2, 0) is 0 Å². The minimum Gasteiger partial charge on any atom is -0.386 e. The van der Waals surface area contributed by atoms with Crippen molar-refractivity contribution in [2.24, 2.45) is 5.92 Å². The molecule has 1 aliphatic carbocycles. The van der Waals surface area contributed by atoms with Crippen LogP contribution in [0.25, 0.3) is 10.8 Å². The topological polar surface area (TPSA) is 33.1 Å². The van der Waals surface area contributed by atoms with Gasteiger partial charge in [0.25, 0.3) is 0 Å². The van der Waals surface area contributed by atoms with E-state index in [-0.39, 0.29) is 5.92 Å². The number of aliphatic hydroxyl groups excluding tert-OH is 1. The quantitative estimate of drug-likeness (QED) is 0.849. The van der Waals surface area contributed by atoms with E-state index in [1.165, 1.54) is 0 Å². The Morgan fingerprint density at radius 1 is 1.06 bits per heavy atom. The fraction of sp³-hybridized carbons (Fsp3) is 0.133. The zero-order valence-corrected chi connectivity index (χ0v) is 9.32. The van der Waals surface area contributed by atoms with Gasteiger partial charge in [0.1, 0.15) is 6.10 Å². The van der Waals surface area contributed by atoms with Crippen LogP contribution >= 0.6 is 0 Å². The summed E-state index contributed by atoms with van der Waals surface area (Å²) in [4.78, 5) is 4.33. The fourth-order valence-corrected chi connectivity index (χ4v) is 2.22. The van der Waals surface area contributed by atoms with Gasteiger partial charge in [0.05, 0.1) is 5.69 Å². The predicted molar refractivity (Wildman–Crippen MR) is 68.5 cm³/mol. The number of rotatable bonds is 2. The van der Waals surface area contributed by atoms with Crippen LogP contribution in [0.2, 0.25) is 0 Å². The van der Waals surface area contributed by atoms with Crippen LogP contribution < -0.4 is 0 Å². The molecule has 1 atom stereocenters. The summed E-state index contributed by atoms with van der Waals surface area (Å²) in [6, 6.07) is 9.97. The summed E-state index contributed by atoms with van der Waals surface area (Å²) in [5, 5.41) is 12.5. The SMILES string of the molecule is OC(c1nccc2ccccc12)C1C=CC=C1. The number of fused-ring (bicyclic) bond motifs is 1. The molecule has 2 nitrogen and oxygen atoms in total. The summed E-state index contributed by atoms with van der Waals surface area (Å²) in [5.74, 6) is 0.0355. The average molecular weight is 223 g/mol. The fourth-order valence-electron chi connectivity index (χ4n) is 2.22. The van der Waals surface area contributed by atoms with Gasteiger partial charge in [-0.3, -0.25) is 4.98 Å². The molecular formula is C15H13NO. The monoisotopic (exact) mass is 223 g/mol. The van der Waals surface area contributed by atoms with Gasteiger partial charge < -0.3 is 5.11 Å². The third-order valence-electron chi connectivity index (χ3n) is 3.13. The molecule has 0 saturated heterocycles. The van der Waals surface area contributed by atoms with Crippen molar-refractivity contribution in [2.45, 2.75) is 6.10 Å². The van der Waals surface area contributed by atoms with E-state index in [4.69, 9.17) is 0 Å². The van der Waals surface area contributed by atoms with Crippen molar-refractivity contribution in [3.8, 4) is 0 Å². The van der Waals surface area contributed by atoms with Crippen molar-refractivity contribution in [3.63, 3.8) is 0 Å². The van der Waals surface area contributed by atoms with Gasteiger partial charge in [-0.25, -0.2) is 0 Å². The Morgan fingerprint density at radius 2 is 1.82 bits per heavy atom. The number of benzene rings is 1. The largest absolute Gasteiger partial charge is 0.386 e. The normalized spacial score (nSPS) is 16.8. The first-order chi connectivity index (χ1) is 8.36. The predicted octanol–water partition coefficient (Wildman–Crippen LogP) is 3.01. The lowest BCUT2D eigenvalue weighted by Crippen LogP contribution is -2.09. The average Bonchev–Trinajstić information content (AvgIpc) is 2.91. The molecule has 0 aliphatic heterocycles. The first kappa shape index (κ1) is 10.2. The molecule has 1 aromatic heterocycles. The Kier molecular flexibility index (Phi) is 2.50. The highest BCUT2D eigenvalue weighted by atomic mass is 16.3. The third-order valence-corrected chi connectivity index (χ3v) is 3.13. The molecule has 1 aromatic carbocycles. The lowest BCUT2D eigenvalue weighted by Gasteiger charge is -2.16. The van der Waals surface area contributed by atoms with E-state index in [0.29, 0.717) is 0 Å². The number of nitrogens with zero attached hydrogens (tertiary/aromatic N) is 1. The van der Waals surface area contributed by atoms with Crippen molar-refractivity contribution in [1.29, 1.82) is 0 Å².